The molecule has 0 aromatic heterocycles. The largest absolute Gasteiger partial charge is 2.00 e. The van der Waals surface area contributed by atoms with Crippen LogP contribution in [0.4, 0.5) is 0 Å². The van der Waals surface area contributed by atoms with E-state index in [0.29, 0.717) is 0 Å². The Kier molecular flexibility index (Phi) is 22.4. The van der Waals surface area contributed by atoms with Crippen molar-refractivity contribution in [1.29, 1.82) is 0 Å². The molecule has 0 aromatic carbocycles. The summed E-state index contributed by atoms with van der Waals surface area (Å²) in [5.74, 6) is 0. The van der Waals surface area contributed by atoms with Crippen molar-refractivity contribution in [3.05, 3.63) is 0 Å². The van der Waals surface area contributed by atoms with Gasteiger partial charge < -0.3 is 24.0 Å². The summed E-state index contributed by atoms with van der Waals surface area (Å²) in [6.07, 6.45) is 0. The molecule has 11 heavy (non-hydrogen) atoms. The van der Waals surface area contributed by atoms with Crippen LogP contribution in [0.25, 0.3) is 0 Å². The Balaban J connectivity index is -0.000000140. The molecule has 0 aliphatic carbocycles. The van der Waals surface area contributed by atoms with Crippen molar-refractivity contribution in [3.63, 3.8) is 0 Å². The third kappa shape index (κ3) is 35.3. The van der Waals surface area contributed by atoms with E-state index in [1.807, 2.05) is 0 Å². The first kappa shape index (κ1) is 18.0. The Morgan fingerprint density at radius 2 is 1.55 bits per heavy atom. The minimum Gasteiger partial charge on any atom is -0.781 e. The molecule has 1 N–H and O–H groups in total. The maximum atomic E-state index is 9.29. The molecule has 0 spiro atoms. The summed E-state index contributed by atoms with van der Waals surface area (Å²) in [6, 6.07) is -0.278. The van der Waals surface area contributed by atoms with Gasteiger partial charge in [0, 0.05) is 0 Å². The van der Waals surface area contributed by atoms with E-state index in [9.17, 15) is 18.9 Å². The number of hydrogen-bond donors (Lipinski definition) is 1. The summed E-state index contributed by atoms with van der Waals surface area (Å²) in [6.45, 7) is 0. The molecule has 0 rings (SSSR count). The minimum absolute atomic E-state index is 0. The van der Waals surface area contributed by atoms with E-state index in [4.69, 9.17) is 5.11 Å². The van der Waals surface area contributed by atoms with Crippen molar-refractivity contribution in [2.45, 2.75) is 0 Å². The van der Waals surface area contributed by atoms with Gasteiger partial charge in [0.05, 0.1) is 0 Å². The fraction of sp³-hybridized carbons (Fsp3) is 1.00. The van der Waals surface area contributed by atoms with E-state index in [2.05, 4.69) is 15.9 Å². The number of aliphatic hydroxyl groups excluding tert-OH is 1. The summed E-state index contributed by atoms with van der Waals surface area (Å²) in [5, 5.41) is 7.33. The van der Waals surface area contributed by atoms with E-state index < -0.39 is 16.5 Å². The fourth-order valence-corrected chi connectivity index (χ4v) is 0.612. The predicted molar refractivity (Wildman–Crippen MR) is 32.0 cm³/mol. The molecule has 69 valence electrons. The van der Waals surface area contributed by atoms with E-state index in [0.717, 1.165) is 0 Å². The normalized spacial score (nSPS) is 13.5. The van der Waals surface area contributed by atoms with Gasteiger partial charge in [0.2, 0.25) is 0 Å². The number of rotatable bonds is 2. The van der Waals surface area contributed by atoms with Gasteiger partial charge in [-0.2, -0.15) is 0 Å². The Morgan fingerprint density at radius 1 is 1.36 bits per heavy atom. The van der Waals surface area contributed by atoms with Crippen LogP contribution in [-0.2, 0) is 30.5 Å². The van der Waals surface area contributed by atoms with E-state index in [1.165, 1.54) is 0 Å². The van der Waals surface area contributed by atoms with Crippen LogP contribution in [0.5, 0.6) is 0 Å². The second-order valence-corrected chi connectivity index (χ2v) is 2.78. The van der Waals surface area contributed by atoms with Gasteiger partial charge in [-0.3, -0.25) is 4.31 Å². The standard InChI is InChI=1S/CH3ClO.Mn.H4O5P2/c2-1-3;;1-6(2)5-7(3)4/h3H,1H2;;6-7H,(H,1,2)(H,3,4)/q;+2;/p-2. The van der Waals surface area contributed by atoms with Crippen molar-refractivity contribution < 1.29 is 45.4 Å². The zero-order chi connectivity index (χ0) is 8.57. The maximum Gasteiger partial charge on any atom is 2.00 e. The molecule has 0 saturated carbocycles. The molecule has 2 unspecified atom stereocenters. The van der Waals surface area contributed by atoms with Crippen molar-refractivity contribution in [3.8, 4) is 0 Å². The third-order valence-electron chi connectivity index (χ3n) is 0.167. The van der Waals surface area contributed by atoms with Gasteiger partial charge in [-0.15, -0.1) is 0 Å². The average Bonchev–Trinajstić information content (AvgIpc) is 1.62. The molecular formula is CH5ClMnO6P2. The number of aliphatic hydroxyl groups is 1. The van der Waals surface area contributed by atoms with Crippen LogP contribution in [0.15, 0.2) is 0 Å². The molecule has 0 aromatic rings. The molecular weight excluding hydrogens is 260 g/mol. The molecule has 0 aliphatic rings. The molecule has 1 radical (unpaired) electrons. The SMILES string of the molecule is O=[PH]([O-])O[PH](=O)[O-].OCCl.[Mn+2]. The van der Waals surface area contributed by atoms with Crippen LogP contribution in [0, 0.1) is 0 Å². The van der Waals surface area contributed by atoms with E-state index in [-0.39, 0.29) is 23.1 Å². The molecule has 0 aliphatic heterocycles. The topological polar surface area (TPSA) is 110 Å². The van der Waals surface area contributed by atoms with Gasteiger partial charge in [-0.25, -0.2) is 0 Å². The number of alkyl halides is 1. The summed E-state index contributed by atoms with van der Waals surface area (Å²) in [5.41, 5.74) is 0. The van der Waals surface area contributed by atoms with Crippen molar-refractivity contribution in [2.75, 3.05) is 6.07 Å². The van der Waals surface area contributed by atoms with Gasteiger partial charge in [-0.1, -0.05) is 11.6 Å². The van der Waals surface area contributed by atoms with Crippen LogP contribution in [0.1, 0.15) is 0 Å². The summed E-state index contributed by atoms with van der Waals surface area (Å²) < 4.78 is 21.8. The summed E-state index contributed by atoms with van der Waals surface area (Å²) in [7, 11) is -7.03. The molecule has 0 saturated heterocycles. The van der Waals surface area contributed by atoms with Gasteiger partial charge in [-0.05, 0) is 0 Å². The smallest absolute Gasteiger partial charge is 0.781 e. The van der Waals surface area contributed by atoms with Crippen LogP contribution < -0.4 is 9.79 Å². The quantitative estimate of drug-likeness (QED) is 0.376. The van der Waals surface area contributed by atoms with Crippen molar-refractivity contribution in [2.24, 2.45) is 0 Å². The molecule has 10 heteroatoms. The zero-order valence-corrected chi connectivity index (χ0v) is 8.89. The van der Waals surface area contributed by atoms with Crippen LogP contribution in [-0.4, -0.2) is 11.2 Å². The number of hydrogen-bond acceptors (Lipinski definition) is 6. The fourth-order valence-electron chi connectivity index (χ4n) is 0.0680. The second-order valence-electron chi connectivity index (χ2n) is 0.722. The van der Waals surface area contributed by atoms with E-state index >= 15 is 0 Å². The average molecular weight is 265 g/mol. The van der Waals surface area contributed by atoms with Gasteiger partial charge in [0.25, 0.3) is 0 Å². The van der Waals surface area contributed by atoms with Gasteiger partial charge in [0.1, 0.15) is 22.6 Å². The maximum absolute atomic E-state index is 9.29. The van der Waals surface area contributed by atoms with Crippen LogP contribution in [0.2, 0.25) is 0 Å². The summed E-state index contributed by atoms with van der Waals surface area (Å²) in [4.78, 5) is 18.6. The van der Waals surface area contributed by atoms with Gasteiger partial charge in [0.15, 0.2) is 0 Å². The monoisotopic (exact) mass is 265 g/mol. The Hall–Kier alpha value is 1.11. The minimum atomic E-state index is -3.51. The molecule has 0 fully saturated rings. The predicted octanol–water partition coefficient (Wildman–Crippen LogP) is -1.32. The van der Waals surface area contributed by atoms with Gasteiger partial charge >= 0.3 is 17.1 Å². The van der Waals surface area contributed by atoms with Crippen LogP contribution in [0.3, 0.4) is 0 Å². The Bertz CT molecular complexity index is 107. The molecule has 0 amide bonds. The first-order valence-electron chi connectivity index (χ1n) is 1.81. The third-order valence-corrected chi connectivity index (χ3v) is 1.50. The Morgan fingerprint density at radius 3 is 1.55 bits per heavy atom. The van der Waals surface area contributed by atoms with Crippen molar-refractivity contribution >= 4 is 28.1 Å². The first-order valence-corrected chi connectivity index (χ1v) is 4.79. The first-order chi connectivity index (χ1) is 4.54. The molecule has 0 bridgehead atoms. The zero-order valence-electron chi connectivity index (χ0n) is 4.95. The van der Waals surface area contributed by atoms with E-state index in [1.54, 1.807) is 0 Å². The molecule has 2 atom stereocenters. The Labute approximate surface area is 79.9 Å². The molecule has 6 nitrogen and oxygen atoms in total. The summed E-state index contributed by atoms with van der Waals surface area (Å²) >= 11 is 4.55. The molecule has 0 heterocycles. The van der Waals surface area contributed by atoms with Crippen molar-refractivity contribution in [1.82, 2.24) is 0 Å². The second kappa shape index (κ2) is 13.7. The number of halogens is 1. The van der Waals surface area contributed by atoms with Crippen LogP contribution >= 0.6 is 28.1 Å².